The first-order chi connectivity index (χ1) is 11.5. The number of phenols is 2. The zero-order valence-corrected chi connectivity index (χ0v) is 13.6. The molecule has 126 valence electrons. The van der Waals surface area contributed by atoms with Crippen LogP contribution in [0.3, 0.4) is 0 Å². The van der Waals surface area contributed by atoms with Crippen LogP contribution in [0, 0.1) is 13.8 Å². The minimum atomic E-state index is 0.0180. The molecule has 6 heteroatoms. The lowest BCUT2D eigenvalue weighted by atomic mass is 9.96. The molecule has 6 nitrogen and oxygen atoms in total. The summed E-state index contributed by atoms with van der Waals surface area (Å²) in [6.45, 7) is 3.71. The fourth-order valence-electron chi connectivity index (χ4n) is 2.52. The largest absolute Gasteiger partial charge is 0.508 e. The van der Waals surface area contributed by atoms with Crippen LogP contribution in [0.5, 0.6) is 11.5 Å². The van der Waals surface area contributed by atoms with Gasteiger partial charge in [-0.1, -0.05) is 28.0 Å². The van der Waals surface area contributed by atoms with Gasteiger partial charge in [0, 0.05) is 11.1 Å². The highest BCUT2D eigenvalue weighted by Gasteiger charge is 2.14. The Kier molecular flexibility index (Phi) is 5.42. The molecule has 0 spiro atoms. The maximum atomic E-state index is 9.95. The number of aryl methyl sites for hydroxylation is 2. The molecule has 0 saturated carbocycles. The van der Waals surface area contributed by atoms with Crippen molar-refractivity contribution in [2.24, 2.45) is 10.3 Å². The van der Waals surface area contributed by atoms with Crippen molar-refractivity contribution >= 4 is 11.4 Å². The van der Waals surface area contributed by atoms with Crippen molar-refractivity contribution in [2.75, 3.05) is 0 Å². The molecule has 2 rings (SSSR count). The number of oxime groups is 2. The lowest BCUT2D eigenvalue weighted by Gasteiger charge is -2.11. The molecule has 0 aliphatic rings. The van der Waals surface area contributed by atoms with Gasteiger partial charge in [0.05, 0.1) is 11.4 Å². The highest BCUT2D eigenvalue weighted by molar-refractivity contribution is 6.07. The number of benzene rings is 2. The fourth-order valence-corrected chi connectivity index (χ4v) is 2.52. The summed E-state index contributed by atoms with van der Waals surface area (Å²) in [5, 5.41) is 44.7. The average molecular weight is 328 g/mol. The molecule has 0 amide bonds. The SMILES string of the molecule is Cc1ccc(O)c(/C(CC/C(=N/O)c2cc(O)ccc2C)=N\O)c1. The molecular formula is C18H20N2O4. The topological polar surface area (TPSA) is 106 Å². The van der Waals surface area contributed by atoms with Crippen LogP contribution in [0.1, 0.15) is 35.1 Å². The Morgan fingerprint density at radius 3 is 2.08 bits per heavy atom. The second-order valence-electron chi connectivity index (χ2n) is 5.61. The van der Waals surface area contributed by atoms with Gasteiger partial charge in [0.2, 0.25) is 0 Å². The fraction of sp³-hybridized carbons (Fsp3) is 0.222. The van der Waals surface area contributed by atoms with Crippen molar-refractivity contribution in [3.63, 3.8) is 0 Å². The van der Waals surface area contributed by atoms with E-state index in [0.29, 0.717) is 16.8 Å². The molecule has 0 fully saturated rings. The van der Waals surface area contributed by atoms with Gasteiger partial charge in [0.1, 0.15) is 11.5 Å². The Labute approximate surface area is 140 Å². The Hall–Kier alpha value is -3.02. The van der Waals surface area contributed by atoms with E-state index >= 15 is 0 Å². The molecule has 4 N–H and O–H groups in total. The monoisotopic (exact) mass is 328 g/mol. The van der Waals surface area contributed by atoms with Crippen LogP contribution in [0.25, 0.3) is 0 Å². The summed E-state index contributed by atoms with van der Waals surface area (Å²) in [5.74, 6) is 0.0913. The molecule has 0 saturated heterocycles. The lowest BCUT2D eigenvalue weighted by molar-refractivity contribution is 0.316. The van der Waals surface area contributed by atoms with E-state index in [0.717, 1.165) is 11.1 Å². The lowest BCUT2D eigenvalue weighted by Crippen LogP contribution is -2.09. The van der Waals surface area contributed by atoms with Crippen LogP contribution in [0.15, 0.2) is 46.7 Å². The number of aromatic hydroxyl groups is 2. The molecule has 0 heterocycles. The summed E-state index contributed by atoms with van der Waals surface area (Å²) >= 11 is 0. The second-order valence-corrected chi connectivity index (χ2v) is 5.61. The molecule has 0 aromatic heterocycles. The number of hydrogen-bond donors (Lipinski definition) is 4. The molecule has 0 radical (unpaired) electrons. The zero-order valence-electron chi connectivity index (χ0n) is 13.6. The summed E-state index contributed by atoms with van der Waals surface area (Å²) in [7, 11) is 0. The predicted molar refractivity (Wildman–Crippen MR) is 91.6 cm³/mol. The van der Waals surface area contributed by atoms with Crippen LogP contribution < -0.4 is 0 Å². The smallest absolute Gasteiger partial charge is 0.124 e. The normalized spacial score (nSPS) is 12.4. The van der Waals surface area contributed by atoms with Crippen molar-refractivity contribution in [2.45, 2.75) is 26.7 Å². The molecular weight excluding hydrogens is 308 g/mol. The summed E-state index contributed by atoms with van der Waals surface area (Å²) in [5.41, 5.74) is 3.46. The van der Waals surface area contributed by atoms with E-state index in [2.05, 4.69) is 10.3 Å². The highest BCUT2D eigenvalue weighted by atomic mass is 16.4. The van der Waals surface area contributed by atoms with Crippen LogP contribution in [0.2, 0.25) is 0 Å². The Morgan fingerprint density at radius 2 is 1.46 bits per heavy atom. The highest BCUT2D eigenvalue weighted by Crippen LogP contribution is 2.23. The number of hydrogen-bond acceptors (Lipinski definition) is 6. The van der Waals surface area contributed by atoms with Gasteiger partial charge < -0.3 is 20.6 Å². The first-order valence-corrected chi connectivity index (χ1v) is 7.48. The van der Waals surface area contributed by atoms with Gasteiger partial charge >= 0.3 is 0 Å². The molecule has 0 atom stereocenters. The van der Waals surface area contributed by atoms with Gasteiger partial charge in [-0.15, -0.1) is 0 Å². The van der Waals surface area contributed by atoms with Crippen LogP contribution >= 0.6 is 0 Å². The third-order valence-electron chi connectivity index (χ3n) is 3.84. The van der Waals surface area contributed by atoms with Gasteiger partial charge in [0.15, 0.2) is 0 Å². The van der Waals surface area contributed by atoms with Gasteiger partial charge in [-0.3, -0.25) is 0 Å². The van der Waals surface area contributed by atoms with E-state index in [1.807, 2.05) is 13.8 Å². The number of rotatable bonds is 5. The first-order valence-electron chi connectivity index (χ1n) is 7.48. The summed E-state index contributed by atoms with van der Waals surface area (Å²) < 4.78 is 0. The van der Waals surface area contributed by atoms with E-state index < -0.39 is 0 Å². The van der Waals surface area contributed by atoms with Crippen LogP contribution in [0.4, 0.5) is 0 Å². The molecule has 0 unspecified atom stereocenters. The van der Waals surface area contributed by atoms with Gasteiger partial charge in [-0.05, 0) is 56.5 Å². The Bertz CT molecular complexity index is 730. The van der Waals surface area contributed by atoms with Crippen LogP contribution in [-0.4, -0.2) is 32.1 Å². The molecule has 0 bridgehead atoms. The van der Waals surface area contributed by atoms with Crippen molar-refractivity contribution in [3.8, 4) is 11.5 Å². The molecule has 0 aliphatic carbocycles. The Balaban J connectivity index is 2.23. The standard InChI is InChI=1S/C18H20N2O4/c1-11-3-8-18(22)15(9-11)17(20-24)7-6-16(19-23)14-10-13(21)5-4-12(14)2/h3-5,8-10,21-24H,6-7H2,1-2H3/b19-16-,20-17-. The first kappa shape index (κ1) is 17.3. The minimum absolute atomic E-state index is 0.0180. The van der Waals surface area contributed by atoms with E-state index in [9.17, 15) is 20.6 Å². The number of nitrogens with zero attached hydrogens (tertiary/aromatic N) is 2. The van der Waals surface area contributed by atoms with Gasteiger partial charge in [0.25, 0.3) is 0 Å². The maximum Gasteiger partial charge on any atom is 0.124 e. The molecule has 24 heavy (non-hydrogen) atoms. The van der Waals surface area contributed by atoms with Crippen molar-refractivity contribution < 1.29 is 20.6 Å². The van der Waals surface area contributed by atoms with Gasteiger partial charge in [-0.25, -0.2) is 0 Å². The third kappa shape index (κ3) is 3.84. The summed E-state index contributed by atoms with van der Waals surface area (Å²) in [6, 6.07) is 9.81. The van der Waals surface area contributed by atoms with E-state index in [4.69, 9.17) is 0 Å². The average Bonchev–Trinajstić information content (AvgIpc) is 2.57. The summed E-state index contributed by atoms with van der Waals surface area (Å²) in [6.07, 6.45) is 0.523. The predicted octanol–water partition coefficient (Wildman–Crippen LogP) is 3.55. The van der Waals surface area contributed by atoms with Crippen LogP contribution in [-0.2, 0) is 0 Å². The third-order valence-corrected chi connectivity index (χ3v) is 3.84. The molecule has 2 aromatic carbocycles. The minimum Gasteiger partial charge on any atom is -0.508 e. The molecule has 2 aromatic rings. The quantitative estimate of drug-likeness (QED) is 0.382. The van der Waals surface area contributed by atoms with E-state index in [-0.39, 0.29) is 30.1 Å². The molecule has 0 aliphatic heterocycles. The maximum absolute atomic E-state index is 9.95. The van der Waals surface area contributed by atoms with E-state index in [1.54, 1.807) is 24.3 Å². The van der Waals surface area contributed by atoms with Crippen molar-refractivity contribution in [3.05, 3.63) is 58.7 Å². The Morgan fingerprint density at radius 1 is 0.833 bits per heavy atom. The second kappa shape index (κ2) is 7.50. The van der Waals surface area contributed by atoms with Crippen molar-refractivity contribution in [1.82, 2.24) is 0 Å². The number of phenolic OH excluding ortho intramolecular Hbond substituents is 2. The van der Waals surface area contributed by atoms with E-state index in [1.165, 1.54) is 12.1 Å². The zero-order chi connectivity index (χ0) is 17.7. The van der Waals surface area contributed by atoms with Gasteiger partial charge in [-0.2, -0.15) is 0 Å². The summed E-state index contributed by atoms with van der Waals surface area (Å²) in [4.78, 5) is 0. The van der Waals surface area contributed by atoms with Crippen molar-refractivity contribution in [1.29, 1.82) is 0 Å².